The van der Waals surface area contributed by atoms with Crippen LogP contribution in [0.1, 0.15) is 23.3 Å². The van der Waals surface area contributed by atoms with Gasteiger partial charge in [-0.15, -0.1) is 11.3 Å². The Balaban J connectivity index is 1.59. The summed E-state index contributed by atoms with van der Waals surface area (Å²) in [7, 11) is 1.59. The van der Waals surface area contributed by atoms with Gasteiger partial charge in [-0.25, -0.2) is 9.97 Å². The summed E-state index contributed by atoms with van der Waals surface area (Å²) >= 11 is 14.7. The summed E-state index contributed by atoms with van der Waals surface area (Å²) in [6, 6.07) is 1.51. The van der Waals surface area contributed by atoms with E-state index in [0.29, 0.717) is 23.3 Å². The molecule has 0 bridgehead atoms. The zero-order valence-corrected chi connectivity index (χ0v) is 19.9. The summed E-state index contributed by atoms with van der Waals surface area (Å²) in [4.78, 5) is 36.6. The lowest BCUT2D eigenvalue weighted by Gasteiger charge is -2.13. The van der Waals surface area contributed by atoms with Crippen molar-refractivity contribution in [3.05, 3.63) is 43.1 Å². The van der Waals surface area contributed by atoms with E-state index in [4.69, 9.17) is 32.9 Å². The van der Waals surface area contributed by atoms with E-state index in [1.807, 2.05) is 0 Å². The molecule has 11 heteroatoms. The van der Waals surface area contributed by atoms with Crippen LogP contribution in [-0.2, 0) is 28.9 Å². The van der Waals surface area contributed by atoms with Gasteiger partial charge in [0.2, 0.25) is 5.91 Å². The number of aromatic nitrogens is 3. The highest BCUT2D eigenvalue weighted by Crippen LogP contribution is 2.34. The molecule has 0 saturated carbocycles. The average Bonchev–Trinajstić information content (AvgIpc) is 3.12. The van der Waals surface area contributed by atoms with E-state index < -0.39 is 0 Å². The number of hydrogen-bond donors (Lipinski definition) is 1. The Hall–Kier alpha value is -1.65. The third-order valence-corrected chi connectivity index (χ3v) is 7.61. The fraction of sp³-hybridized carbons (Fsp3) is 0.400. The highest BCUT2D eigenvalue weighted by molar-refractivity contribution is 7.99. The number of nitrogens with one attached hydrogen (secondary N) is 1. The molecular weight excluding hydrogens is 479 g/mol. The number of anilines is 1. The normalized spacial score (nSPS) is 13.4. The van der Waals surface area contributed by atoms with Crippen LogP contribution in [0.5, 0.6) is 0 Å². The topological polar surface area (TPSA) is 86.1 Å². The van der Waals surface area contributed by atoms with Crippen LogP contribution in [0.25, 0.3) is 10.2 Å². The van der Waals surface area contributed by atoms with E-state index in [2.05, 4.69) is 10.3 Å². The van der Waals surface area contributed by atoms with Crippen molar-refractivity contribution in [3.63, 3.8) is 0 Å². The molecule has 0 aliphatic heterocycles. The molecule has 3 heterocycles. The Kier molecular flexibility index (Phi) is 7.18. The molecule has 7 nitrogen and oxygen atoms in total. The Morgan fingerprint density at radius 3 is 2.94 bits per heavy atom. The minimum atomic E-state index is -0.306. The molecule has 0 saturated heterocycles. The smallest absolute Gasteiger partial charge is 0.263 e. The number of aryl methyl sites for hydroxylation is 2. The average molecular weight is 499 g/mol. The molecule has 1 aliphatic carbocycles. The summed E-state index contributed by atoms with van der Waals surface area (Å²) in [5.41, 5.74) is 1.08. The Morgan fingerprint density at radius 1 is 1.35 bits per heavy atom. The molecule has 0 atom stereocenters. The van der Waals surface area contributed by atoms with E-state index in [1.165, 1.54) is 28.9 Å². The number of thioether (sulfide) groups is 1. The Morgan fingerprint density at radius 2 is 2.16 bits per heavy atom. The van der Waals surface area contributed by atoms with Crippen molar-refractivity contribution in [2.75, 3.05) is 24.8 Å². The first-order valence-corrected chi connectivity index (χ1v) is 12.3. The van der Waals surface area contributed by atoms with Gasteiger partial charge in [0.05, 0.1) is 34.3 Å². The van der Waals surface area contributed by atoms with Gasteiger partial charge in [0.15, 0.2) is 11.0 Å². The standard InChI is InChI=1S/C20H20Cl2N4O3S2/c1-29-7-6-26-19(28)16-12-4-2-3-5-14(12)31-18(16)25-20(26)30-10-15(27)24-17-13(22)8-11(21)9-23-17/h8-9H,2-7,10H2,1H3,(H,23,24,27). The highest BCUT2D eigenvalue weighted by Gasteiger charge is 2.22. The first-order valence-electron chi connectivity index (χ1n) is 9.75. The van der Waals surface area contributed by atoms with Crippen LogP contribution in [-0.4, -0.2) is 39.9 Å². The molecule has 31 heavy (non-hydrogen) atoms. The fourth-order valence-electron chi connectivity index (χ4n) is 3.51. The summed E-state index contributed by atoms with van der Waals surface area (Å²) in [5.74, 6) is -0.0148. The number of hydrogen-bond acceptors (Lipinski definition) is 7. The lowest BCUT2D eigenvalue weighted by Crippen LogP contribution is -2.26. The maximum absolute atomic E-state index is 13.3. The van der Waals surface area contributed by atoms with Gasteiger partial charge in [-0.3, -0.25) is 14.2 Å². The maximum atomic E-state index is 13.3. The van der Waals surface area contributed by atoms with Crippen LogP contribution >= 0.6 is 46.3 Å². The number of carbonyl (C=O) groups is 1. The van der Waals surface area contributed by atoms with Gasteiger partial charge in [-0.1, -0.05) is 35.0 Å². The number of halogens is 2. The van der Waals surface area contributed by atoms with Crippen LogP contribution in [0.4, 0.5) is 5.82 Å². The fourth-order valence-corrected chi connectivity index (χ4v) is 6.07. The number of carbonyl (C=O) groups excluding carboxylic acids is 1. The monoisotopic (exact) mass is 498 g/mol. The summed E-state index contributed by atoms with van der Waals surface area (Å²) in [6.07, 6.45) is 5.55. The first-order chi connectivity index (χ1) is 15.0. The van der Waals surface area contributed by atoms with Gasteiger partial charge in [-0.2, -0.15) is 0 Å². The van der Waals surface area contributed by atoms with Crippen molar-refractivity contribution in [2.45, 2.75) is 37.4 Å². The highest BCUT2D eigenvalue weighted by atomic mass is 35.5. The third kappa shape index (κ3) is 4.90. The Bertz CT molecular complexity index is 1200. The van der Waals surface area contributed by atoms with Gasteiger partial charge in [0, 0.05) is 18.2 Å². The molecule has 3 aromatic rings. The van der Waals surface area contributed by atoms with E-state index >= 15 is 0 Å². The number of ether oxygens (including phenoxy) is 1. The summed E-state index contributed by atoms with van der Waals surface area (Å²) < 4.78 is 6.79. The molecule has 3 aromatic heterocycles. The van der Waals surface area contributed by atoms with Crippen LogP contribution in [0.15, 0.2) is 22.2 Å². The zero-order chi connectivity index (χ0) is 22.0. The number of amides is 1. The lowest BCUT2D eigenvalue weighted by atomic mass is 9.97. The van der Waals surface area contributed by atoms with Gasteiger partial charge < -0.3 is 10.1 Å². The molecule has 164 valence electrons. The van der Waals surface area contributed by atoms with Crippen LogP contribution in [0, 0.1) is 0 Å². The van der Waals surface area contributed by atoms with Crippen molar-refractivity contribution in [3.8, 4) is 0 Å². The number of fused-ring (bicyclic) bond motifs is 3. The second-order valence-corrected chi connectivity index (χ2v) is 9.93. The maximum Gasteiger partial charge on any atom is 0.263 e. The second kappa shape index (κ2) is 9.87. The van der Waals surface area contributed by atoms with Crippen LogP contribution in [0.3, 0.4) is 0 Å². The van der Waals surface area contributed by atoms with Crippen LogP contribution in [0.2, 0.25) is 10.0 Å². The van der Waals surface area contributed by atoms with Gasteiger partial charge in [-0.05, 0) is 37.3 Å². The van der Waals surface area contributed by atoms with Crippen molar-refractivity contribution < 1.29 is 9.53 Å². The molecule has 0 radical (unpaired) electrons. The number of nitrogens with zero attached hydrogens (tertiary/aromatic N) is 3. The van der Waals surface area contributed by atoms with Crippen molar-refractivity contribution in [1.82, 2.24) is 14.5 Å². The molecule has 0 unspecified atom stereocenters. The minimum Gasteiger partial charge on any atom is -0.383 e. The minimum absolute atomic E-state index is 0.0522. The predicted octanol–water partition coefficient (Wildman–Crippen LogP) is 4.42. The second-order valence-electron chi connectivity index (χ2n) is 7.06. The largest absolute Gasteiger partial charge is 0.383 e. The quantitative estimate of drug-likeness (QED) is 0.383. The SMILES string of the molecule is COCCn1c(SCC(=O)Nc2ncc(Cl)cc2Cl)nc2sc3c(c2c1=O)CCCC3. The molecule has 0 aromatic carbocycles. The molecular formula is C20H20Cl2N4O3S2. The van der Waals surface area contributed by atoms with Crippen molar-refractivity contribution in [1.29, 1.82) is 0 Å². The molecule has 1 aliphatic rings. The van der Waals surface area contributed by atoms with E-state index in [0.717, 1.165) is 41.5 Å². The molecule has 0 spiro atoms. The number of rotatable bonds is 7. The number of pyridine rings is 1. The van der Waals surface area contributed by atoms with Crippen LogP contribution < -0.4 is 10.9 Å². The molecule has 1 N–H and O–H groups in total. The molecule has 0 fully saturated rings. The predicted molar refractivity (Wildman–Crippen MR) is 126 cm³/mol. The van der Waals surface area contributed by atoms with Gasteiger partial charge in [0.25, 0.3) is 5.56 Å². The summed E-state index contributed by atoms with van der Waals surface area (Å²) in [6.45, 7) is 0.751. The Labute approximate surface area is 197 Å². The number of methoxy groups -OCH3 is 1. The third-order valence-electron chi connectivity index (χ3n) is 4.96. The summed E-state index contributed by atoms with van der Waals surface area (Å²) in [5, 5.41) is 4.53. The van der Waals surface area contributed by atoms with E-state index in [-0.39, 0.29) is 28.1 Å². The zero-order valence-electron chi connectivity index (χ0n) is 16.7. The van der Waals surface area contributed by atoms with E-state index in [1.54, 1.807) is 23.0 Å². The first kappa shape index (κ1) is 22.5. The number of thiophene rings is 1. The van der Waals surface area contributed by atoms with Crippen molar-refractivity contribution >= 4 is 68.2 Å². The molecule has 1 amide bonds. The van der Waals surface area contributed by atoms with Crippen molar-refractivity contribution in [2.24, 2.45) is 0 Å². The molecule has 4 rings (SSSR count). The van der Waals surface area contributed by atoms with E-state index in [9.17, 15) is 9.59 Å². The van der Waals surface area contributed by atoms with Gasteiger partial charge in [0.1, 0.15) is 4.83 Å². The van der Waals surface area contributed by atoms with Gasteiger partial charge >= 0.3 is 0 Å². The lowest BCUT2D eigenvalue weighted by molar-refractivity contribution is -0.113.